The van der Waals surface area contributed by atoms with Gasteiger partial charge in [-0.15, -0.1) is 0 Å². The van der Waals surface area contributed by atoms with E-state index in [1.54, 1.807) is 12.3 Å². The highest BCUT2D eigenvalue weighted by Crippen LogP contribution is 2.37. The van der Waals surface area contributed by atoms with Crippen LogP contribution >= 0.6 is 11.6 Å². The second-order valence-electron chi connectivity index (χ2n) is 3.89. The van der Waals surface area contributed by atoms with Gasteiger partial charge in [0.15, 0.2) is 0 Å². The predicted molar refractivity (Wildman–Crippen MR) is 64.1 cm³/mol. The molecule has 1 amide bonds. The lowest BCUT2D eigenvalue weighted by Gasteiger charge is -2.07. The fraction of sp³-hybridized carbons (Fsp3) is 0.500. The Bertz CT molecular complexity index is 473. The maximum atomic E-state index is 11.8. The molecule has 1 fully saturated rings. The van der Waals surface area contributed by atoms with E-state index in [-0.39, 0.29) is 12.5 Å². The van der Waals surface area contributed by atoms with Crippen molar-refractivity contribution in [2.45, 2.75) is 18.9 Å². The summed E-state index contributed by atoms with van der Waals surface area (Å²) in [6, 6.07) is 2.06. The van der Waals surface area contributed by atoms with Crippen molar-refractivity contribution < 1.29 is 4.79 Å². The van der Waals surface area contributed by atoms with Gasteiger partial charge < -0.3 is 9.88 Å². The third-order valence-electron chi connectivity index (χ3n) is 2.55. The van der Waals surface area contributed by atoms with Gasteiger partial charge in [-0.1, -0.05) is 16.7 Å². The molecule has 7 heteroatoms. The molecule has 1 N–H and O–H groups in total. The zero-order valence-electron chi connectivity index (χ0n) is 9.14. The van der Waals surface area contributed by atoms with E-state index in [1.165, 1.54) is 0 Å². The first-order valence-corrected chi connectivity index (χ1v) is 5.76. The number of hydrogen-bond acceptors (Lipinski definition) is 2. The second-order valence-corrected chi connectivity index (χ2v) is 4.33. The van der Waals surface area contributed by atoms with E-state index < -0.39 is 0 Å². The van der Waals surface area contributed by atoms with Gasteiger partial charge in [0.1, 0.15) is 5.69 Å². The summed E-state index contributed by atoms with van der Waals surface area (Å²) in [7, 11) is 0. The average molecular weight is 254 g/mol. The Morgan fingerprint density at radius 2 is 2.47 bits per heavy atom. The summed E-state index contributed by atoms with van der Waals surface area (Å²) in [5, 5.41) is 6.60. The molecular formula is C10H12ClN5O. The van der Waals surface area contributed by atoms with Gasteiger partial charge in [0, 0.05) is 30.2 Å². The fourth-order valence-electron chi connectivity index (χ4n) is 1.64. The van der Waals surface area contributed by atoms with E-state index in [2.05, 4.69) is 15.3 Å². The van der Waals surface area contributed by atoms with Crippen LogP contribution in [0.15, 0.2) is 17.4 Å². The Hall–Kier alpha value is -1.65. The smallest absolute Gasteiger partial charge is 0.267 e. The molecule has 1 saturated carbocycles. The lowest BCUT2D eigenvalue weighted by atomic mass is 10.4. The maximum absolute atomic E-state index is 11.8. The van der Waals surface area contributed by atoms with E-state index in [4.69, 9.17) is 17.1 Å². The SMILES string of the molecule is [N-]=[N+]=NCCNC(=O)c1cc(Cl)cn1C1CC1. The van der Waals surface area contributed by atoms with Crippen molar-refractivity contribution in [3.8, 4) is 0 Å². The molecule has 1 aromatic rings. The van der Waals surface area contributed by atoms with Crippen LogP contribution in [0.4, 0.5) is 0 Å². The molecule has 0 aromatic carbocycles. The van der Waals surface area contributed by atoms with Gasteiger partial charge >= 0.3 is 0 Å². The average Bonchev–Trinajstić information content (AvgIpc) is 3.08. The Balaban J connectivity index is 2.00. The number of rotatable bonds is 5. The van der Waals surface area contributed by atoms with Crippen LogP contribution in [0.3, 0.4) is 0 Å². The first kappa shape index (κ1) is 11.8. The molecule has 0 saturated heterocycles. The highest BCUT2D eigenvalue weighted by Gasteiger charge is 2.27. The number of aromatic nitrogens is 1. The molecule has 0 bridgehead atoms. The van der Waals surface area contributed by atoms with Crippen LogP contribution in [0.5, 0.6) is 0 Å². The minimum absolute atomic E-state index is 0.183. The molecule has 6 nitrogen and oxygen atoms in total. The lowest BCUT2D eigenvalue weighted by molar-refractivity contribution is 0.0945. The van der Waals surface area contributed by atoms with Gasteiger partial charge in [0.25, 0.3) is 5.91 Å². The summed E-state index contributed by atoms with van der Waals surface area (Å²) in [5.74, 6) is -0.183. The molecule has 1 aliphatic rings. The number of hydrogen-bond donors (Lipinski definition) is 1. The van der Waals surface area contributed by atoms with Gasteiger partial charge in [-0.25, -0.2) is 0 Å². The van der Waals surface area contributed by atoms with Crippen molar-refractivity contribution >= 4 is 17.5 Å². The Morgan fingerprint density at radius 3 is 3.12 bits per heavy atom. The standard InChI is InChI=1S/C10H12ClN5O/c11-7-5-9(16(6-7)8-1-2-8)10(17)13-3-4-14-15-12/h5-6,8H,1-4H2,(H,13,17). The summed E-state index contributed by atoms with van der Waals surface area (Å²) in [4.78, 5) is 14.5. The van der Waals surface area contributed by atoms with Crippen molar-refractivity contribution in [2.75, 3.05) is 13.1 Å². The zero-order chi connectivity index (χ0) is 12.3. The number of halogens is 1. The number of carbonyl (C=O) groups is 1. The van der Waals surface area contributed by atoms with Gasteiger partial charge in [-0.3, -0.25) is 4.79 Å². The highest BCUT2D eigenvalue weighted by atomic mass is 35.5. The number of nitrogens with zero attached hydrogens (tertiary/aromatic N) is 4. The molecule has 0 radical (unpaired) electrons. The molecular weight excluding hydrogens is 242 g/mol. The largest absolute Gasteiger partial charge is 0.351 e. The summed E-state index contributed by atoms with van der Waals surface area (Å²) in [6.45, 7) is 0.580. The topological polar surface area (TPSA) is 82.8 Å². The second kappa shape index (κ2) is 5.12. The van der Waals surface area contributed by atoms with Crippen LogP contribution in [0.25, 0.3) is 10.4 Å². The molecule has 0 spiro atoms. The molecule has 1 aromatic heterocycles. The fourth-order valence-corrected chi connectivity index (χ4v) is 1.85. The lowest BCUT2D eigenvalue weighted by Crippen LogP contribution is -2.27. The number of amides is 1. The van der Waals surface area contributed by atoms with Crippen LogP contribution < -0.4 is 5.32 Å². The minimum Gasteiger partial charge on any atom is -0.351 e. The maximum Gasteiger partial charge on any atom is 0.267 e. The van der Waals surface area contributed by atoms with Crippen molar-refractivity contribution in [3.05, 3.63) is 33.4 Å². The molecule has 1 heterocycles. The van der Waals surface area contributed by atoms with E-state index in [0.717, 1.165) is 12.8 Å². The van der Waals surface area contributed by atoms with Crippen LogP contribution in [0.1, 0.15) is 29.4 Å². The van der Waals surface area contributed by atoms with Gasteiger partial charge in [0.05, 0.1) is 5.02 Å². The van der Waals surface area contributed by atoms with E-state index >= 15 is 0 Å². The van der Waals surface area contributed by atoms with Crippen LogP contribution in [-0.2, 0) is 0 Å². The Morgan fingerprint density at radius 1 is 1.71 bits per heavy atom. The van der Waals surface area contributed by atoms with Gasteiger partial charge in [-0.05, 0) is 24.4 Å². The number of carbonyl (C=O) groups excluding carboxylic acids is 1. The quantitative estimate of drug-likeness (QED) is 0.372. The third-order valence-corrected chi connectivity index (χ3v) is 2.76. The zero-order valence-corrected chi connectivity index (χ0v) is 9.89. The molecule has 90 valence electrons. The van der Waals surface area contributed by atoms with Crippen molar-refractivity contribution in [3.63, 3.8) is 0 Å². The van der Waals surface area contributed by atoms with Crippen molar-refractivity contribution in [2.24, 2.45) is 5.11 Å². The monoisotopic (exact) mass is 253 g/mol. The Labute approximate surface area is 103 Å². The Kier molecular flexibility index (Phi) is 3.56. The van der Waals surface area contributed by atoms with E-state index in [1.807, 2.05) is 4.57 Å². The molecule has 0 unspecified atom stereocenters. The third kappa shape index (κ3) is 2.93. The molecule has 0 atom stereocenters. The number of nitrogens with one attached hydrogen (secondary N) is 1. The molecule has 0 aliphatic heterocycles. The number of azide groups is 1. The first-order chi connectivity index (χ1) is 8.22. The predicted octanol–water partition coefficient (Wildman–Crippen LogP) is 2.52. The van der Waals surface area contributed by atoms with Gasteiger partial charge in [0.2, 0.25) is 0 Å². The normalized spacial score (nSPS) is 14.2. The van der Waals surface area contributed by atoms with Crippen LogP contribution in [0.2, 0.25) is 5.02 Å². The van der Waals surface area contributed by atoms with Crippen LogP contribution in [-0.4, -0.2) is 23.6 Å². The van der Waals surface area contributed by atoms with Crippen molar-refractivity contribution in [1.29, 1.82) is 0 Å². The summed E-state index contributed by atoms with van der Waals surface area (Å²) in [5.41, 5.74) is 8.67. The minimum atomic E-state index is -0.183. The van der Waals surface area contributed by atoms with Gasteiger partial charge in [-0.2, -0.15) is 0 Å². The van der Waals surface area contributed by atoms with E-state index in [0.29, 0.717) is 23.3 Å². The summed E-state index contributed by atoms with van der Waals surface area (Å²) in [6.07, 6.45) is 3.95. The first-order valence-electron chi connectivity index (χ1n) is 5.39. The van der Waals surface area contributed by atoms with Crippen LogP contribution in [0, 0.1) is 0 Å². The highest BCUT2D eigenvalue weighted by molar-refractivity contribution is 6.31. The van der Waals surface area contributed by atoms with E-state index in [9.17, 15) is 4.79 Å². The van der Waals surface area contributed by atoms with Crippen molar-refractivity contribution in [1.82, 2.24) is 9.88 Å². The molecule has 17 heavy (non-hydrogen) atoms. The summed E-state index contributed by atoms with van der Waals surface area (Å²) >= 11 is 5.90. The molecule has 2 rings (SSSR count). The summed E-state index contributed by atoms with van der Waals surface area (Å²) < 4.78 is 1.91. The molecule has 1 aliphatic carbocycles.